The van der Waals surface area contributed by atoms with Gasteiger partial charge in [0.15, 0.2) is 0 Å². The number of rotatable bonds is 2. The molecule has 0 saturated heterocycles. The molecule has 0 radical (unpaired) electrons. The second-order valence-electron chi connectivity index (χ2n) is 5.07. The third-order valence-corrected chi connectivity index (χ3v) is 4.72. The van der Waals surface area contributed by atoms with Crippen LogP contribution in [0.4, 0.5) is 5.88 Å². The quantitative estimate of drug-likeness (QED) is 0.843. The molecule has 1 heterocycles. The first kappa shape index (κ1) is 13.5. The molecular weight excluding hydrogens is 320 g/mol. The fourth-order valence-corrected chi connectivity index (χ4v) is 3.69. The third-order valence-electron chi connectivity index (χ3n) is 3.88. The lowest BCUT2D eigenvalue weighted by Gasteiger charge is -2.16. The fourth-order valence-electron chi connectivity index (χ4n) is 2.86. The second-order valence-corrected chi connectivity index (χ2v) is 5.87. The molecule has 20 heavy (non-hydrogen) atoms. The molecular formula is C15H17BrN2O2. The van der Waals surface area contributed by atoms with E-state index in [0.29, 0.717) is 5.88 Å². The standard InChI is InChI=1S/C15H17BrN2O2/c1-19-14-11(12-8-18-20-15(12)17)7-9-5-3-2-4-6-10(9)13(14)16/h7-8H,2-6,17H2,1H3. The summed E-state index contributed by atoms with van der Waals surface area (Å²) in [5.41, 5.74) is 10.3. The van der Waals surface area contributed by atoms with Crippen LogP contribution >= 0.6 is 15.9 Å². The lowest BCUT2D eigenvalue weighted by molar-refractivity contribution is 0.413. The van der Waals surface area contributed by atoms with E-state index in [2.05, 4.69) is 27.2 Å². The van der Waals surface area contributed by atoms with E-state index in [1.165, 1.54) is 30.4 Å². The highest BCUT2D eigenvalue weighted by atomic mass is 79.9. The largest absolute Gasteiger partial charge is 0.495 e. The van der Waals surface area contributed by atoms with Gasteiger partial charge in [0.25, 0.3) is 0 Å². The fraction of sp³-hybridized carbons (Fsp3) is 0.400. The van der Waals surface area contributed by atoms with Crippen LogP contribution in [0.2, 0.25) is 0 Å². The number of aromatic nitrogens is 1. The summed E-state index contributed by atoms with van der Waals surface area (Å²) in [6.45, 7) is 0. The lowest BCUT2D eigenvalue weighted by Crippen LogP contribution is -1.99. The van der Waals surface area contributed by atoms with Crippen molar-refractivity contribution in [3.63, 3.8) is 0 Å². The van der Waals surface area contributed by atoms with Gasteiger partial charge in [-0.15, -0.1) is 0 Å². The van der Waals surface area contributed by atoms with Crippen molar-refractivity contribution in [2.75, 3.05) is 12.8 Å². The van der Waals surface area contributed by atoms with Gasteiger partial charge in [-0.3, -0.25) is 0 Å². The van der Waals surface area contributed by atoms with E-state index < -0.39 is 0 Å². The molecule has 0 bridgehead atoms. The van der Waals surface area contributed by atoms with E-state index in [1.807, 2.05) is 0 Å². The number of ether oxygens (including phenoxy) is 1. The van der Waals surface area contributed by atoms with Gasteiger partial charge in [0.2, 0.25) is 5.88 Å². The number of anilines is 1. The van der Waals surface area contributed by atoms with Gasteiger partial charge in [-0.25, -0.2) is 0 Å². The average Bonchev–Trinajstić information content (AvgIpc) is 2.73. The lowest BCUT2D eigenvalue weighted by atomic mass is 9.96. The van der Waals surface area contributed by atoms with Gasteiger partial charge in [0.1, 0.15) is 5.75 Å². The summed E-state index contributed by atoms with van der Waals surface area (Å²) >= 11 is 3.71. The predicted molar refractivity (Wildman–Crippen MR) is 81.9 cm³/mol. The molecule has 0 aliphatic heterocycles. The molecule has 1 aliphatic rings. The highest BCUT2D eigenvalue weighted by Gasteiger charge is 2.21. The first-order valence-electron chi connectivity index (χ1n) is 6.81. The van der Waals surface area contributed by atoms with Crippen LogP contribution in [0.1, 0.15) is 30.4 Å². The van der Waals surface area contributed by atoms with Crippen molar-refractivity contribution in [2.45, 2.75) is 32.1 Å². The Balaban J connectivity index is 2.22. The minimum absolute atomic E-state index is 0.323. The zero-order chi connectivity index (χ0) is 14.1. The zero-order valence-electron chi connectivity index (χ0n) is 11.4. The molecule has 2 N–H and O–H groups in total. The molecule has 3 rings (SSSR count). The Morgan fingerprint density at radius 2 is 2.05 bits per heavy atom. The Morgan fingerprint density at radius 1 is 1.25 bits per heavy atom. The van der Waals surface area contributed by atoms with Crippen molar-refractivity contribution in [1.29, 1.82) is 0 Å². The first-order valence-corrected chi connectivity index (χ1v) is 7.60. The van der Waals surface area contributed by atoms with Crippen LogP contribution in [0.3, 0.4) is 0 Å². The van der Waals surface area contributed by atoms with Gasteiger partial charge in [0.05, 0.1) is 23.3 Å². The molecule has 0 fully saturated rings. The molecule has 0 atom stereocenters. The summed E-state index contributed by atoms with van der Waals surface area (Å²) in [5, 5.41) is 3.76. The molecule has 0 amide bonds. The van der Waals surface area contributed by atoms with Crippen molar-refractivity contribution in [3.8, 4) is 16.9 Å². The second kappa shape index (κ2) is 5.48. The van der Waals surface area contributed by atoms with Crippen LogP contribution in [0.25, 0.3) is 11.1 Å². The average molecular weight is 337 g/mol. The van der Waals surface area contributed by atoms with Gasteiger partial charge in [-0.05, 0) is 58.8 Å². The normalized spacial score (nSPS) is 14.7. The van der Waals surface area contributed by atoms with E-state index in [0.717, 1.165) is 34.2 Å². The third kappa shape index (κ3) is 2.20. The number of nitrogen functional groups attached to an aromatic ring is 1. The molecule has 0 saturated carbocycles. The van der Waals surface area contributed by atoms with E-state index in [-0.39, 0.29) is 0 Å². The zero-order valence-corrected chi connectivity index (χ0v) is 13.0. The summed E-state index contributed by atoms with van der Waals surface area (Å²) < 4.78 is 11.6. The number of halogens is 1. The van der Waals surface area contributed by atoms with Crippen molar-refractivity contribution in [3.05, 3.63) is 27.9 Å². The Morgan fingerprint density at radius 3 is 2.75 bits per heavy atom. The Labute approximate surface area is 126 Å². The molecule has 1 aliphatic carbocycles. The van der Waals surface area contributed by atoms with Gasteiger partial charge >= 0.3 is 0 Å². The SMILES string of the molecule is COc1c(-c2cnoc2N)cc2c(c1Br)CCCCC2. The Bertz CT molecular complexity index is 637. The smallest absolute Gasteiger partial charge is 0.230 e. The minimum atomic E-state index is 0.323. The van der Waals surface area contributed by atoms with E-state index in [4.69, 9.17) is 15.0 Å². The van der Waals surface area contributed by atoms with Gasteiger partial charge < -0.3 is 15.0 Å². The maximum atomic E-state index is 5.85. The Kier molecular flexibility index (Phi) is 3.70. The molecule has 2 aromatic rings. The highest BCUT2D eigenvalue weighted by molar-refractivity contribution is 9.10. The number of methoxy groups -OCH3 is 1. The molecule has 106 valence electrons. The van der Waals surface area contributed by atoms with Crippen LogP contribution < -0.4 is 10.5 Å². The van der Waals surface area contributed by atoms with Crippen molar-refractivity contribution >= 4 is 21.8 Å². The summed E-state index contributed by atoms with van der Waals surface area (Å²) in [6.07, 6.45) is 7.55. The highest BCUT2D eigenvalue weighted by Crippen LogP contribution is 2.43. The molecule has 5 heteroatoms. The molecule has 0 unspecified atom stereocenters. The monoisotopic (exact) mass is 336 g/mol. The Hall–Kier alpha value is -1.49. The number of nitrogens with zero attached hydrogens (tertiary/aromatic N) is 1. The number of hydrogen-bond acceptors (Lipinski definition) is 4. The van der Waals surface area contributed by atoms with E-state index in [1.54, 1.807) is 13.3 Å². The van der Waals surface area contributed by atoms with Crippen molar-refractivity contribution in [2.24, 2.45) is 0 Å². The molecule has 1 aromatic carbocycles. The molecule has 0 spiro atoms. The van der Waals surface area contributed by atoms with Gasteiger partial charge in [0, 0.05) is 5.56 Å². The minimum Gasteiger partial charge on any atom is -0.495 e. The van der Waals surface area contributed by atoms with Crippen LogP contribution in [-0.2, 0) is 12.8 Å². The summed E-state index contributed by atoms with van der Waals surface area (Å²) in [4.78, 5) is 0. The van der Waals surface area contributed by atoms with E-state index >= 15 is 0 Å². The maximum Gasteiger partial charge on any atom is 0.230 e. The van der Waals surface area contributed by atoms with Crippen LogP contribution in [0.15, 0.2) is 21.3 Å². The predicted octanol–water partition coefficient (Wildman–Crippen LogP) is 3.96. The number of benzene rings is 1. The topological polar surface area (TPSA) is 61.3 Å². The van der Waals surface area contributed by atoms with Crippen LogP contribution in [-0.4, -0.2) is 12.3 Å². The van der Waals surface area contributed by atoms with Crippen molar-refractivity contribution in [1.82, 2.24) is 5.16 Å². The van der Waals surface area contributed by atoms with Crippen LogP contribution in [0, 0.1) is 0 Å². The van der Waals surface area contributed by atoms with Crippen LogP contribution in [0.5, 0.6) is 5.75 Å². The molecule has 1 aromatic heterocycles. The number of nitrogens with two attached hydrogens (primary N) is 1. The number of fused-ring (bicyclic) bond motifs is 1. The number of hydrogen-bond donors (Lipinski definition) is 1. The summed E-state index contributed by atoms with van der Waals surface area (Å²) in [7, 11) is 1.68. The van der Waals surface area contributed by atoms with Gasteiger partial charge in [-0.1, -0.05) is 11.6 Å². The summed E-state index contributed by atoms with van der Waals surface area (Å²) in [5.74, 6) is 1.13. The number of aryl methyl sites for hydroxylation is 1. The van der Waals surface area contributed by atoms with Gasteiger partial charge in [-0.2, -0.15) is 0 Å². The molecule has 4 nitrogen and oxygen atoms in total. The maximum absolute atomic E-state index is 5.85. The van der Waals surface area contributed by atoms with Crippen molar-refractivity contribution < 1.29 is 9.26 Å². The first-order chi connectivity index (χ1) is 9.72. The summed E-state index contributed by atoms with van der Waals surface area (Å²) in [6, 6.07) is 2.17. The van der Waals surface area contributed by atoms with E-state index in [9.17, 15) is 0 Å².